The fraction of sp³-hybridized carbons (Fsp3) is 0.200. The highest BCUT2D eigenvalue weighted by atomic mass is 16.1. The number of benzene rings is 1. The molecule has 1 aromatic carbocycles. The molecule has 2 aromatic rings. The fourth-order valence-corrected chi connectivity index (χ4v) is 1.71. The zero-order valence-corrected chi connectivity index (χ0v) is 10.4. The van der Waals surface area contributed by atoms with E-state index < -0.39 is 0 Å². The van der Waals surface area contributed by atoms with Crippen LogP contribution in [0.3, 0.4) is 0 Å². The molecule has 0 radical (unpaired) electrons. The molecule has 18 heavy (non-hydrogen) atoms. The molecule has 0 aliphatic carbocycles. The number of amides is 1. The normalized spacial score (nSPS) is 10.9. The minimum absolute atomic E-state index is 0.00669. The van der Waals surface area contributed by atoms with E-state index in [1.165, 1.54) is 6.92 Å². The Labute approximate surface area is 107 Å². The first-order valence-electron chi connectivity index (χ1n) is 6.02. The second-order valence-corrected chi connectivity index (χ2v) is 4.10. The Morgan fingerprint density at radius 1 is 1.28 bits per heavy atom. The van der Waals surface area contributed by atoms with Crippen molar-refractivity contribution in [3.05, 3.63) is 48.2 Å². The highest BCUT2D eigenvalue weighted by molar-refractivity contribution is 5.79. The second-order valence-electron chi connectivity index (χ2n) is 4.10. The molecule has 92 valence electrons. The van der Waals surface area contributed by atoms with Gasteiger partial charge in [-0.15, -0.1) is 0 Å². The molecule has 1 aromatic heterocycles. The van der Waals surface area contributed by atoms with Gasteiger partial charge in [-0.3, -0.25) is 4.79 Å². The number of nitrogens with one attached hydrogen (secondary N) is 1. The summed E-state index contributed by atoms with van der Waals surface area (Å²) in [7, 11) is 0. The molecule has 0 aliphatic heterocycles. The zero-order valence-electron chi connectivity index (χ0n) is 10.4. The molecule has 0 fully saturated rings. The number of para-hydroxylation sites is 1. The number of carbonyl (C=O) groups is 1. The van der Waals surface area contributed by atoms with Crippen molar-refractivity contribution in [2.75, 3.05) is 6.54 Å². The molecule has 1 N–H and O–H groups in total. The molecular formula is C15H16N2O. The van der Waals surface area contributed by atoms with Gasteiger partial charge in [0, 0.05) is 18.9 Å². The van der Waals surface area contributed by atoms with Crippen molar-refractivity contribution in [2.45, 2.75) is 13.3 Å². The molecule has 1 amide bonds. The third kappa shape index (κ3) is 3.42. The van der Waals surface area contributed by atoms with Crippen molar-refractivity contribution >= 4 is 22.9 Å². The number of hydrogen-bond acceptors (Lipinski definition) is 2. The Morgan fingerprint density at radius 2 is 2.11 bits per heavy atom. The predicted octanol–water partition coefficient (Wildman–Crippen LogP) is 2.77. The SMILES string of the molecule is CC(=O)NCCC=Cc1ccc2ccccc2n1. The van der Waals surface area contributed by atoms with Gasteiger partial charge < -0.3 is 5.32 Å². The van der Waals surface area contributed by atoms with E-state index in [0.29, 0.717) is 6.54 Å². The maximum atomic E-state index is 10.7. The van der Waals surface area contributed by atoms with E-state index in [1.807, 2.05) is 42.5 Å². The second kappa shape index (κ2) is 5.96. The van der Waals surface area contributed by atoms with E-state index in [4.69, 9.17) is 0 Å². The van der Waals surface area contributed by atoms with Crippen LogP contribution in [-0.2, 0) is 4.79 Å². The van der Waals surface area contributed by atoms with Crippen molar-refractivity contribution in [1.29, 1.82) is 0 Å². The number of nitrogens with zero attached hydrogens (tertiary/aromatic N) is 1. The van der Waals surface area contributed by atoms with Gasteiger partial charge in [-0.25, -0.2) is 4.98 Å². The molecule has 0 bridgehead atoms. The number of carbonyl (C=O) groups excluding carboxylic acids is 1. The van der Waals surface area contributed by atoms with Gasteiger partial charge in [0.1, 0.15) is 0 Å². The molecule has 0 atom stereocenters. The van der Waals surface area contributed by atoms with E-state index in [9.17, 15) is 4.79 Å². The molecular weight excluding hydrogens is 224 g/mol. The van der Waals surface area contributed by atoms with E-state index in [2.05, 4.69) is 16.4 Å². The quantitative estimate of drug-likeness (QED) is 0.835. The first-order chi connectivity index (χ1) is 8.75. The summed E-state index contributed by atoms with van der Waals surface area (Å²) in [6, 6.07) is 12.1. The number of fused-ring (bicyclic) bond motifs is 1. The van der Waals surface area contributed by atoms with Crippen molar-refractivity contribution in [3.8, 4) is 0 Å². The van der Waals surface area contributed by atoms with Crippen molar-refractivity contribution in [3.63, 3.8) is 0 Å². The third-order valence-electron chi connectivity index (χ3n) is 2.59. The molecule has 3 heteroatoms. The Hall–Kier alpha value is -2.16. The van der Waals surface area contributed by atoms with Crippen molar-refractivity contribution in [2.24, 2.45) is 0 Å². The topological polar surface area (TPSA) is 42.0 Å². The lowest BCUT2D eigenvalue weighted by Gasteiger charge is -1.99. The lowest BCUT2D eigenvalue weighted by atomic mass is 10.2. The van der Waals surface area contributed by atoms with E-state index in [1.54, 1.807) is 0 Å². The van der Waals surface area contributed by atoms with Crippen LogP contribution in [-0.4, -0.2) is 17.4 Å². The first-order valence-corrected chi connectivity index (χ1v) is 6.02. The van der Waals surface area contributed by atoms with Gasteiger partial charge in [0.05, 0.1) is 11.2 Å². The van der Waals surface area contributed by atoms with Crippen LogP contribution in [0.15, 0.2) is 42.5 Å². The largest absolute Gasteiger partial charge is 0.356 e. The summed E-state index contributed by atoms with van der Waals surface area (Å²) in [5.74, 6) is 0.00669. The van der Waals surface area contributed by atoms with Crippen molar-refractivity contribution in [1.82, 2.24) is 10.3 Å². The highest BCUT2D eigenvalue weighted by Gasteiger charge is 1.94. The number of rotatable bonds is 4. The van der Waals surface area contributed by atoms with Crippen LogP contribution in [0.25, 0.3) is 17.0 Å². The van der Waals surface area contributed by atoms with E-state index >= 15 is 0 Å². The number of pyridine rings is 1. The Morgan fingerprint density at radius 3 is 2.94 bits per heavy atom. The van der Waals surface area contributed by atoms with Gasteiger partial charge in [-0.1, -0.05) is 30.3 Å². The summed E-state index contributed by atoms with van der Waals surface area (Å²) in [5.41, 5.74) is 1.94. The van der Waals surface area contributed by atoms with Gasteiger partial charge in [0.15, 0.2) is 0 Å². The zero-order chi connectivity index (χ0) is 12.8. The van der Waals surface area contributed by atoms with Gasteiger partial charge in [0.2, 0.25) is 5.91 Å². The first kappa shape index (κ1) is 12.3. The standard InChI is InChI=1S/C15H16N2O/c1-12(18)16-11-5-4-7-14-10-9-13-6-2-3-8-15(13)17-14/h2-4,6-10H,5,11H2,1H3,(H,16,18). The maximum Gasteiger partial charge on any atom is 0.216 e. The monoisotopic (exact) mass is 240 g/mol. The van der Waals surface area contributed by atoms with E-state index in [0.717, 1.165) is 23.0 Å². The number of aromatic nitrogens is 1. The van der Waals surface area contributed by atoms with Crippen LogP contribution in [0.2, 0.25) is 0 Å². The van der Waals surface area contributed by atoms with Gasteiger partial charge in [0.25, 0.3) is 0 Å². The van der Waals surface area contributed by atoms with Crippen LogP contribution < -0.4 is 5.32 Å². The Kier molecular flexibility index (Phi) is 4.07. The molecule has 1 heterocycles. The number of hydrogen-bond donors (Lipinski definition) is 1. The third-order valence-corrected chi connectivity index (χ3v) is 2.59. The summed E-state index contributed by atoms with van der Waals surface area (Å²) in [4.78, 5) is 15.2. The van der Waals surface area contributed by atoms with Crippen LogP contribution >= 0.6 is 0 Å². The Bertz CT molecular complexity index is 575. The summed E-state index contributed by atoms with van der Waals surface area (Å²) < 4.78 is 0. The van der Waals surface area contributed by atoms with Crippen LogP contribution in [0.4, 0.5) is 0 Å². The molecule has 0 saturated heterocycles. The van der Waals surface area contributed by atoms with Crippen LogP contribution in [0.1, 0.15) is 19.0 Å². The lowest BCUT2D eigenvalue weighted by molar-refractivity contribution is -0.118. The lowest BCUT2D eigenvalue weighted by Crippen LogP contribution is -2.20. The molecule has 0 aliphatic rings. The summed E-state index contributed by atoms with van der Waals surface area (Å²) in [6.07, 6.45) is 4.81. The fourth-order valence-electron chi connectivity index (χ4n) is 1.71. The Balaban J connectivity index is 1.99. The summed E-state index contributed by atoms with van der Waals surface area (Å²) in [6.45, 7) is 2.19. The summed E-state index contributed by atoms with van der Waals surface area (Å²) >= 11 is 0. The van der Waals surface area contributed by atoms with Crippen LogP contribution in [0.5, 0.6) is 0 Å². The molecule has 3 nitrogen and oxygen atoms in total. The molecule has 0 saturated carbocycles. The average Bonchev–Trinajstić information content (AvgIpc) is 2.38. The van der Waals surface area contributed by atoms with Gasteiger partial charge in [-0.2, -0.15) is 0 Å². The minimum Gasteiger partial charge on any atom is -0.356 e. The highest BCUT2D eigenvalue weighted by Crippen LogP contribution is 2.12. The van der Waals surface area contributed by atoms with Gasteiger partial charge >= 0.3 is 0 Å². The van der Waals surface area contributed by atoms with Crippen molar-refractivity contribution < 1.29 is 4.79 Å². The average molecular weight is 240 g/mol. The smallest absolute Gasteiger partial charge is 0.216 e. The van der Waals surface area contributed by atoms with Crippen LogP contribution in [0, 0.1) is 0 Å². The summed E-state index contributed by atoms with van der Waals surface area (Å²) in [5, 5.41) is 3.90. The molecule has 2 rings (SSSR count). The molecule has 0 spiro atoms. The maximum absolute atomic E-state index is 10.7. The van der Waals surface area contributed by atoms with E-state index in [-0.39, 0.29) is 5.91 Å². The predicted molar refractivity (Wildman–Crippen MR) is 74.1 cm³/mol. The van der Waals surface area contributed by atoms with Gasteiger partial charge in [-0.05, 0) is 24.6 Å². The minimum atomic E-state index is 0.00669. The molecule has 0 unspecified atom stereocenters.